The number of carbonyl (C=O) groups is 1. The quantitative estimate of drug-likeness (QED) is 0.843. The van der Waals surface area contributed by atoms with Gasteiger partial charge in [0.15, 0.2) is 0 Å². The minimum atomic E-state index is -0.0548. The summed E-state index contributed by atoms with van der Waals surface area (Å²) < 4.78 is 10.5. The van der Waals surface area contributed by atoms with E-state index in [9.17, 15) is 4.79 Å². The molecule has 0 radical (unpaired) electrons. The maximum Gasteiger partial charge on any atom is 0.244 e. The molecule has 0 heterocycles. The molecule has 0 aromatic heterocycles. The first-order valence-corrected chi connectivity index (χ1v) is 8.25. The van der Waals surface area contributed by atoms with Gasteiger partial charge in [0.25, 0.3) is 0 Å². The lowest BCUT2D eigenvalue weighted by Gasteiger charge is -2.34. The molecule has 0 aliphatic heterocycles. The molecule has 3 atom stereocenters. The molecule has 1 aliphatic rings. The lowest BCUT2D eigenvalue weighted by molar-refractivity contribution is -0.117. The minimum absolute atomic E-state index is 0.0548. The van der Waals surface area contributed by atoms with Crippen LogP contribution in [0.5, 0.6) is 11.5 Å². The zero-order chi connectivity index (χ0) is 16.8. The van der Waals surface area contributed by atoms with Crippen molar-refractivity contribution in [1.29, 1.82) is 0 Å². The molecule has 23 heavy (non-hydrogen) atoms. The number of rotatable bonds is 5. The van der Waals surface area contributed by atoms with Crippen LogP contribution in [0.3, 0.4) is 0 Å². The van der Waals surface area contributed by atoms with Crippen LogP contribution in [0.4, 0.5) is 0 Å². The molecule has 4 heteroatoms. The molecule has 1 N–H and O–H groups in total. The largest absolute Gasteiger partial charge is 0.497 e. The molecule has 0 bridgehead atoms. The van der Waals surface area contributed by atoms with Gasteiger partial charge >= 0.3 is 0 Å². The lowest BCUT2D eigenvalue weighted by Crippen LogP contribution is -2.43. The summed E-state index contributed by atoms with van der Waals surface area (Å²) in [5, 5.41) is 3.14. The van der Waals surface area contributed by atoms with Gasteiger partial charge in [-0.15, -0.1) is 0 Å². The van der Waals surface area contributed by atoms with Crippen molar-refractivity contribution < 1.29 is 14.3 Å². The van der Waals surface area contributed by atoms with Crippen molar-refractivity contribution in [3.05, 3.63) is 29.8 Å². The third-order valence-corrected chi connectivity index (χ3v) is 4.89. The van der Waals surface area contributed by atoms with Crippen LogP contribution in [-0.2, 0) is 4.79 Å². The second-order valence-electron chi connectivity index (χ2n) is 6.32. The third kappa shape index (κ3) is 4.50. The maximum atomic E-state index is 12.2. The highest BCUT2D eigenvalue weighted by molar-refractivity contribution is 5.92. The van der Waals surface area contributed by atoms with Gasteiger partial charge in [-0.2, -0.15) is 0 Å². The summed E-state index contributed by atoms with van der Waals surface area (Å²) in [6.45, 7) is 4.49. The van der Waals surface area contributed by atoms with Crippen molar-refractivity contribution in [2.24, 2.45) is 11.8 Å². The van der Waals surface area contributed by atoms with Gasteiger partial charge in [0.05, 0.1) is 14.2 Å². The van der Waals surface area contributed by atoms with Gasteiger partial charge < -0.3 is 14.8 Å². The Bertz CT molecular complexity index is 568. The molecule has 3 unspecified atom stereocenters. The molecule has 4 nitrogen and oxygen atoms in total. The van der Waals surface area contributed by atoms with Crippen LogP contribution in [-0.4, -0.2) is 26.2 Å². The van der Waals surface area contributed by atoms with Crippen LogP contribution in [0.2, 0.25) is 0 Å². The summed E-state index contributed by atoms with van der Waals surface area (Å²) in [7, 11) is 3.23. The van der Waals surface area contributed by atoms with Crippen LogP contribution < -0.4 is 14.8 Å². The zero-order valence-electron chi connectivity index (χ0n) is 14.5. The van der Waals surface area contributed by atoms with Crippen molar-refractivity contribution in [1.82, 2.24) is 5.32 Å². The predicted molar refractivity (Wildman–Crippen MR) is 92.7 cm³/mol. The molecule has 1 saturated carbocycles. The molecule has 1 fully saturated rings. The predicted octanol–water partition coefficient (Wildman–Crippen LogP) is 3.66. The summed E-state index contributed by atoms with van der Waals surface area (Å²) in [6, 6.07) is 5.79. The Morgan fingerprint density at radius 1 is 1.22 bits per heavy atom. The first kappa shape index (κ1) is 17.4. The normalized spacial score (nSPS) is 24.4. The molecule has 1 amide bonds. The molecular formula is C19H27NO3. The Kier molecular flexibility index (Phi) is 6.08. The summed E-state index contributed by atoms with van der Waals surface area (Å²) in [5.41, 5.74) is 0.826. The van der Waals surface area contributed by atoms with Gasteiger partial charge in [0.2, 0.25) is 5.91 Å². The Labute approximate surface area is 138 Å². The molecule has 0 saturated heterocycles. The smallest absolute Gasteiger partial charge is 0.244 e. The monoisotopic (exact) mass is 317 g/mol. The number of amides is 1. The standard InChI is InChI=1S/C19H27NO3/c1-13-6-5-7-17(14(13)2)20-19(21)11-8-15-12-16(22-3)9-10-18(15)23-4/h8-14,17H,5-7H2,1-4H3,(H,20,21)/b11-8+. The molecule has 0 spiro atoms. The second kappa shape index (κ2) is 8.04. The number of benzene rings is 1. The van der Waals surface area contributed by atoms with Crippen molar-refractivity contribution >= 4 is 12.0 Å². The number of hydrogen-bond acceptors (Lipinski definition) is 3. The molecule has 1 aromatic rings. The van der Waals surface area contributed by atoms with Crippen LogP contribution in [0.25, 0.3) is 6.08 Å². The van der Waals surface area contributed by atoms with E-state index in [-0.39, 0.29) is 11.9 Å². The first-order chi connectivity index (χ1) is 11.0. The third-order valence-electron chi connectivity index (χ3n) is 4.89. The molecule has 126 valence electrons. The Morgan fingerprint density at radius 2 is 2.00 bits per heavy atom. The van der Waals surface area contributed by atoms with E-state index in [0.717, 1.165) is 23.5 Å². The van der Waals surface area contributed by atoms with Gasteiger partial charge in [-0.25, -0.2) is 0 Å². The molecule has 1 aromatic carbocycles. The van der Waals surface area contributed by atoms with Crippen LogP contribution >= 0.6 is 0 Å². The summed E-state index contributed by atoms with van der Waals surface area (Å²) in [4.78, 5) is 12.2. The Morgan fingerprint density at radius 3 is 2.70 bits per heavy atom. The first-order valence-electron chi connectivity index (χ1n) is 8.25. The highest BCUT2D eigenvalue weighted by atomic mass is 16.5. The van der Waals surface area contributed by atoms with E-state index < -0.39 is 0 Å². The van der Waals surface area contributed by atoms with Gasteiger partial charge in [0.1, 0.15) is 11.5 Å². The highest BCUT2D eigenvalue weighted by Crippen LogP contribution is 2.29. The number of carbonyl (C=O) groups excluding carboxylic acids is 1. The average Bonchev–Trinajstić information content (AvgIpc) is 2.56. The van der Waals surface area contributed by atoms with E-state index in [1.54, 1.807) is 26.4 Å². The van der Waals surface area contributed by atoms with E-state index >= 15 is 0 Å². The fraction of sp³-hybridized carbons (Fsp3) is 0.526. The molecular weight excluding hydrogens is 290 g/mol. The average molecular weight is 317 g/mol. The van der Waals surface area contributed by atoms with Crippen molar-refractivity contribution in [2.75, 3.05) is 14.2 Å². The lowest BCUT2D eigenvalue weighted by atomic mass is 9.78. The van der Waals surface area contributed by atoms with Crippen molar-refractivity contribution in [2.45, 2.75) is 39.2 Å². The van der Waals surface area contributed by atoms with Gasteiger partial charge in [-0.05, 0) is 42.5 Å². The second-order valence-corrected chi connectivity index (χ2v) is 6.32. The van der Waals surface area contributed by atoms with E-state index in [0.29, 0.717) is 11.8 Å². The van der Waals surface area contributed by atoms with Gasteiger partial charge in [-0.1, -0.05) is 26.7 Å². The fourth-order valence-electron chi connectivity index (χ4n) is 3.15. The zero-order valence-corrected chi connectivity index (χ0v) is 14.5. The van der Waals surface area contributed by atoms with Gasteiger partial charge in [0, 0.05) is 17.7 Å². The van der Waals surface area contributed by atoms with Crippen LogP contribution in [0.15, 0.2) is 24.3 Å². The van der Waals surface area contributed by atoms with Crippen molar-refractivity contribution in [3.8, 4) is 11.5 Å². The summed E-state index contributed by atoms with van der Waals surface area (Å²) >= 11 is 0. The topological polar surface area (TPSA) is 47.6 Å². The van der Waals surface area contributed by atoms with E-state index in [1.807, 2.05) is 18.2 Å². The fourth-order valence-corrected chi connectivity index (χ4v) is 3.15. The van der Waals surface area contributed by atoms with E-state index in [4.69, 9.17) is 9.47 Å². The maximum absolute atomic E-state index is 12.2. The van der Waals surface area contributed by atoms with Crippen LogP contribution in [0, 0.1) is 11.8 Å². The highest BCUT2D eigenvalue weighted by Gasteiger charge is 2.27. The van der Waals surface area contributed by atoms with Gasteiger partial charge in [-0.3, -0.25) is 4.79 Å². The van der Waals surface area contributed by atoms with Crippen LogP contribution in [0.1, 0.15) is 38.7 Å². The van der Waals surface area contributed by atoms with E-state index in [2.05, 4.69) is 19.2 Å². The Balaban J connectivity index is 2.03. The minimum Gasteiger partial charge on any atom is -0.497 e. The van der Waals surface area contributed by atoms with Crippen molar-refractivity contribution in [3.63, 3.8) is 0 Å². The summed E-state index contributed by atoms with van der Waals surface area (Å²) in [5.74, 6) is 2.58. The Hall–Kier alpha value is -1.97. The molecule has 1 aliphatic carbocycles. The van der Waals surface area contributed by atoms with E-state index in [1.165, 1.54) is 12.8 Å². The summed E-state index contributed by atoms with van der Waals surface area (Å²) in [6.07, 6.45) is 6.85. The number of methoxy groups -OCH3 is 2. The number of hydrogen-bond donors (Lipinski definition) is 1. The number of nitrogens with one attached hydrogen (secondary N) is 1. The number of ether oxygens (including phenoxy) is 2. The SMILES string of the molecule is COc1ccc(OC)c(/C=C/C(=O)NC2CCCC(C)C2C)c1. The molecule has 2 rings (SSSR count).